The number of benzene rings is 1. The zero-order chi connectivity index (χ0) is 23.2. The summed E-state index contributed by atoms with van der Waals surface area (Å²) in [6, 6.07) is 5.71. The summed E-state index contributed by atoms with van der Waals surface area (Å²) >= 11 is 4.61. The number of halogens is 1. The number of ether oxygens (including phenoxy) is 1. The normalized spacial score (nSPS) is 23.4. The lowest BCUT2D eigenvalue weighted by Gasteiger charge is -2.30. The van der Waals surface area contributed by atoms with Gasteiger partial charge in [0.15, 0.2) is 6.17 Å². The molecule has 0 bridgehead atoms. The van der Waals surface area contributed by atoms with Gasteiger partial charge in [-0.1, -0.05) is 23.7 Å². The van der Waals surface area contributed by atoms with Gasteiger partial charge in [-0.3, -0.25) is 9.87 Å². The molecule has 11 heteroatoms. The van der Waals surface area contributed by atoms with Crippen LogP contribution in [0.3, 0.4) is 0 Å². The lowest BCUT2D eigenvalue weighted by molar-refractivity contribution is -0.794. The van der Waals surface area contributed by atoms with Gasteiger partial charge in [-0.05, 0) is 31.2 Å². The molecule has 2 unspecified atom stereocenters. The molecular formula is C22H29ClN5O4S+. The monoisotopic (exact) mass is 494 g/mol. The van der Waals surface area contributed by atoms with Gasteiger partial charge in [0, 0.05) is 37.8 Å². The topological polar surface area (TPSA) is 102 Å². The van der Waals surface area contributed by atoms with E-state index in [0.29, 0.717) is 22.7 Å². The fourth-order valence-electron chi connectivity index (χ4n) is 4.84. The van der Waals surface area contributed by atoms with E-state index in [1.54, 1.807) is 14.1 Å². The summed E-state index contributed by atoms with van der Waals surface area (Å²) in [6.07, 6.45) is 5.45. The highest BCUT2D eigenvalue weighted by atomic mass is 35.5. The van der Waals surface area contributed by atoms with Gasteiger partial charge < -0.3 is 13.7 Å². The Morgan fingerprint density at radius 1 is 1.24 bits per heavy atom. The van der Waals surface area contributed by atoms with Crippen molar-refractivity contribution in [1.82, 2.24) is 20.1 Å². The van der Waals surface area contributed by atoms with E-state index in [9.17, 15) is 8.76 Å². The predicted molar refractivity (Wildman–Crippen MR) is 126 cm³/mol. The Hall–Kier alpha value is -1.82. The molecular weight excluding hydrogens is 466 g/mol. The van der Waals surface area contributed by atoms with Crippen molar-refractivity contribution in [3.05, 3.63) is 35.3 Å². The minimum absolute atomic E-state index is 0.0459. The van der Waals surface area contributed by atoms with Gasteiger partial charge in [0.05, 0.1) is 36.2 Å². The summed E-state index contributed by atoms with van der Waals surface area (Å²) in [5.74, 6) is 1.48. The molecule has 2 saturated heterocycles. The Bertz CT molecular complexity index is 1170. The summed E-state index contributed by atoms with van der Waals surface area (Å²) in [5.41, 5.74) is 1.84. The highest BCUT2D eigenvalue weighted by Crippen LogP contribution is 2.37. The van der Waals surface area contributed by atoms with Crippen LogP contribution in [0.15, 0.2) is 28.8 Å². The van der Waals surface area contributed by atoms with Gasteiger partial charge >= 0.3 is 11.3 Å². The molecule has 2 fully saturated rings. The van der Waals surface area contributed by atoms with Crippen LogP contribution >= 0.6 is 11.6 Å². The first-order valence-electron chi connectivity index (χ1n) is 11.2. The van der Waals surface area contributed by atoms with Crippen LogP contribution in [-0.4, -0.2) is 60.9 Å². The van der Waals surface area contributed by atoms with Gasteiger partial charge in [-0.25, -0.2) is 3.89 Å². The minimum Gasteiger partial charge on any atom is -0.419 e. The van der Waals surface area contributed by atoms with Gasteiger partial charge in [0.2, 0.25) is 11.8 Å². The second kappa shape index (κ2) is 9.09. The summed E-state index contributed by atoms with van der Waals surface area (Å²) in [7, 11) is 3.46. The number of hydrogen-bond acceptors (Lipinski definition) is 6. The first-order valence-corrected chi connectivity index (χ1v) is 12.7. The van der Waals surface area contributed by atoms with E-state index in [0.717, 1.165) is 61.9 Å². The predicted octanol–water partition coefficient (Wildman–Crippen LogP) is 3.74. The lowest BCUT2D eigenvalue weighted by atomic mass is 10.0. The van der Waals surface area contributed by atoms with Crippen molar-refractivity contribution in [2.45, 2.75) is 44.4 Å². The molecule has 2 aliphatic heterocycles. The van der Waals surface area contributed by atoms with E-state index in [1.165, 1.54) is 0 Å². The molecule has 33 heavy (non-hydrogen) atoms. The maximum absolute atomic E-state index is 11.7. The number of fused-ring (bicyclic) bond motifs is 1. The van der Waals surface area contributed by atoms with Gasteiger partial charge in [-0.2, -0.15) is 4.21 Å². The van der Waals surface area contributed by atoms with Crippen LogP contribution in [0.2, 0.25) is 5.02 Å². The molecule has 2 N–H and O–H groups in total. The smallest absolute Gasteiger partial charge is 0.359 e. The lowest BCUT2D eigenvalue weighted by Crippen LogP contribution is -2.54. The van der Waals surface area contributed by atoms with Crippen molar-refractivity contribution in [2.24, 2.45) is 5.92 Å². The fraction of sp³-hybridized carbons (Fsp3) is 0.545. The fourth-order valence-corrected chi connectivity index (χ4v) is 5.50. The molecule has 0 saturated carbocycles. The third kappa shape index (κ3) is 4.36. The molecule has 178 valence electrons. The third-order valence-corrected chi connectivity index (χ3v) is 8.25. The van der Waals surface area contributed by atoms with E-state index in [1.807, 2.05) is 18.2 Å². The highest BCUT2D eigenvalue weighted by molar-refractivity contribution is 7.73. The number of nitrogens with one attached hydrogen (secondary N) is 1. The van der Waals surface area contributed by atoms with Crippen LogP contribution in [0.4, 0.5) is 0 Å². The van der Waals surface area contributed by atoms with Crippen LogP contribution in [0, 0.1) is 5.92 Å². The molecule has 3 atom stereocenters. The minimum atomic E-state index is -2.00. The Morgan fingerprint density at radius 2 is 2.03 bits per heavy atom. The summed E-state index contributed by atoms with van der Waals surface area (Å²) < 4.78 is 35.1. The zero-order valence-corrected chi connectivity index (χ0v) is 20.3. The molecule has 9 nitrogen and oxygen atoms in total. The summed E-state index contributed by atoms with van der Waals surface area (Å²) in [6.45, 7) is 2.46. The van der Waals surface area contributed by atoms with Crippen LogP contribution in [0.25, 0.3) is 22.4 Å². The second-order valence-electron chi connectivity index (χ2n) is 9.31. The standard InChI is InChI=1S/C22H28ClN5O4S/c1-28(2,33(29)30)19-7-6-18(24-19)22-26-25-21(32-22)16-13-27(12-14-8-10-31-11-9-14)20-15(16)4-3-5-17(20)23/h3-5,13-14,18-19,24H,6-12H2,1-2H3/p+1/t18?,19-/m1/s1. The number of para-hydroxylation sites is 1. The maximum atomic E-state index is 11.7. The van der Waals surface area contributed by atoms with Crippen LogP contribution in [-0.2, 0) is 22.5 Å². The van der Waals surface area contributed by atoms with E-state index < -0.39 is 11.3 Å². The molecule has 0 aliphatic carbocycles. The van der Waals surface area contributed by atoms with Gasteiger partial charge in [-0.15, -0.1) is 10.2 Å². The Kier molecular flexibility index (Phi) is 6.32. The highest BCUT2D eigenvalue weighted by Gasteiger charge is 2.42. The van der Waals surface area contributed by atoms with E-state index in [4.69, 9.17) is 20.8 Å². The van der Waals surface area contributed by atoms with Gasteiger partial charge in [0.25, 0.3) is 0 Å². The van der Waals surface area contributed by atoms with Crippen molar-refractivity contribution in [3.8, 4) is 11.5 Å². The molecule has 4 heterocycles. The third-order valence-electron chi connectivity index (χ3n) is 6.89. The van der Waals surface area contributed by atoms with Crippen molar-refractivity contribution < 1.29 is 21.8 Å². The first kappa shape index (κ1) is 22.9. The van der Waals surface area contributed by atoms with Crippen LogP contribution in [0.1, 0.15) is 37.6 Å². The number of hydrogen-bond donors (Lipinski definition) is 2. The maximum Gasteiger partial charge on any atom is 0.359 e. The molecule has 0 spiro atoms. The zero-order valence-electron chi connectivity index (χ0n) is 18.7. The molecule has 0 radical (unpaired) electrons. The summed E-state index contributed by atoms with van der Waals surface area (Å²) in [4.78, 5) is 0. The van der Waals surface area contributed by atoms with E-state index in [2.05, 4.69) is 26.3 Å². The quantitative estimate of drug-likeness (QED) is 0.397. The Labute approximate surface area is 200 Å². The van der Waals surface area contributed by atoms with Gasteiger partial charge in [0.1, 0.15) is 0 Å². The van der Waals surface area contributed by atoms with Crippen molar-refractivity contribution in [3.63, 3.8) is 0 Å². The number of nitrogens with zero attached hydrogens (tertiary/aromatic N) is 4. The van der Waals surface area contributed by atoms with Crippen molar-refractivity contribution in [2.75, 3.05) is 27.3 Å². The average Bonchev–Trinajstić information content (AvgIpc) is 3.53. The van der Waals surface area contributed by atoms with Crippen molar-refractivity contribution in [1.29, 1.82) is 0 Å². The molecule has 1 aromatic carbocycles. The number of rotatable bonds is 6. The number of quaternary nitrogens is 1. The summed E-state index contributed by atoms with van der Waals surface area (Å²) in [5, 5.41) is 13.7. The Balaban J connectivity index is 1.43. The second-order valence-corrected chi connectivity index (χ2v) is 11.1. The van der Waals surface area contributed by atoms with E-state index >= 15 is 0 Å². The molecule has 5 rings (SSSR count). The molecule has 3 aromatic rings. The SMILES string of the molecule is C[N+](C)([C@@H]1CCC(c2nnc(-c3cn(CC4CCOCC4)c4c(Cl)cccc34)o2)N1)S(=O)O. The van der Waals surface area contributed by atoms with Crippen LogP contribution < -0.4 is 5.32 Å². The molecule has 2 aromatic heterocycles. The largest absolute Gasteiger partial charge is 0.419 e. The average molecular weight is 495 g/mol. The first-order chi connectivity index (χ1) is 15.8. The molecule has 2 aliphatic rings. The number of aromatic nitrogens is 3. The van der Waals surface area contributed by atoms with Crippen LogP contribution in [0.5, 0.6) is 0 Å². The van der Waals surface area contributed by atoms with E-state index in [-0.39, 0.29) is 16.1 Å². The molecule has 0 amide bonds. The Morgan fingerprint density at radius 3 is 2.79 bits per heavy atom. The van der Waals surface area contributed by atoms with Crippen molar-refractivity contribution >= 4 is 33.8 Å².